The topological polar surface area (TPSA) is 57.0 Å². The number of anilines is 1. The first-order chi connectivity index (χ1) is 10.2. The number of furan rings is 1. The largest absolute Gasteiger partial charge is 0.454 e. The monoisotopic (exact) mass is 283 g/mol. The number of benzene rings is 1. The highest BCUT2D eigenvalue weighted by atomic mass is 16.3. The summed E-state index contributed by atoms with van der Waals surface area (Å²) in [6.45, 7) is 6.40. The molecule has 0 amide bonds. The lowest BCUT2D eigenvalue weighted by Crippen LogP contribution is -2.04. The van der Waals surface area contributed by atoms with Gasteiger partial charge >= 0.3 is 0 Å². The van der Waals surface area contributed by atoms with Crippen LogP contribution in [0.15, 0.2) is 34.9 Å². The van der Waals surface area contributed by atoms with Gasteiger partial charge in [-0.05, 0) is 25.8 Å². The SMILES string of the molecule is CCc1c(-c2nn(C(C)CC)cc2N)oc2ccccc12. The van der Waals surface area contributed by atoms with Crippen molar-refractivity contribution in [1.82, 2.24) is 9.78 Å². The van der Waals surface area contributed by atoms with Crippen LogP contribution in [0.4, 0.5) is 5.69 Å². The van der Waals surface area contributed by atoms with Crippen molar-refractivity contribution in [2.24, 2.45) is 0 Å². The molecule has 2 N–H and O–H groups in total. The van der Waals surface area contributed by atoms with Crippen molar-refractivity contribution < 1.29 is 4.42 Å². The first-order valence-corrected chi connectivity index (χ1v) is 7.51. The van der Waals surface area contributed by atoms with Gasteiger partial charge in [-0.3, -0.25) is 4.68 Å². The normalized spacial score (nSPS) is 12.9. The maximum absolute atomic E-state index is 6.17. The van der Waals surface area contributed by atoms with Crippen molar-refractivity contribution in [1.29, 1.82) is 0 Å². The smallest absolute Gasteiger partial charge is 0.160 e. The molecule has 1 unspecified atom stereocenters. The van der Waals surface area contributed by atoms with E-state index in [-0.39, 0.29) is 0 Å². The Morgan fingerprint density at radius 3 is 2.76 bits per heavy atom. The molecule has 0 bridgehead atoms. The Morgan fingerprint density at radius 2 is 2.05 bits per heavy atom. The molecule has 2 aromatic heterocycles. The van der Waals surface area contributed by atoms with Crippen molar-refractivity contribution in [3.63, 3.8) is 0 Å². The van der Waals surface area contributed by atoms with Crippen LogP contribution in [0.1, 0.15) is 38.8 Å². The molecule has 21 heavy (non-hydrogen) atoms. The molecule has 0 radical (unpaired) electrons. The average molecular weight is 283 g/mol. The lowest BCUT2D eigenvalue weighted by atomic mass is 10.1. The first kappa shape index (κ1) is 13.7. The first-order valence-electron chi connectivity index (χ1n) is 7.51. The van der Waals surface area contributed by atoms with Crippen LogP contribution in [-0.2, 0) is 6.42 Å². The molecule has 0 saturated heterocycles. The maximum atomic E-state index is 6.17. The van der Waals surface area contributed by atoms with Crippen LogP contribution >= 0.6 is 0 Å². The Kier molecular flexibility index (Phi) is 3.45. The molecule has 1 atom stereocenters. The van der Waals surface area contributed by atoms with E-state index in [4.69, 9.17) is 10.2 Å². The Balaban J connectivity index is 2.18. The Hall–Kier alpha value is -2.23. The lowest BCUT2D eigenvalue weighted by Gasteiger charge is -2.07. The highest BCUT2D eigenvalue weighted by molar-refractivity contribution is 5.89. The Bertz CT molecular complexity index is 770. The molecule has 4 heteroatoms. The molecule has 110 valence electrons. The fraction of sp³-hybridized carbons (Fsp3) is 0.353. The van der Waals surface area contributed by atoms with E-state index >= 15 is 0 Å². The van der Waals surface area contributed by atoms with E-state index in [1.54, 1.807) is 0 Å². The molecule has 0 spiro atoms. The van der Waals surface area contributed by atoms with Gasteiger partial charge in [0.05, 0.1) is 5.69 Å². The minimum Gasteiger partial charge on any atom is -0.454 e. The van der Waals surface area contributed by atoms with Crippen LogP contribution in [-0.4, -0.2) is 9.78 Å². The average Bonchev–Trinajstić information content (AvgIpc) is 3.06. The van der Waals surface area contributed by atoms with E-state index in [1.165, 1.54) is 5.56 Å². The summed E-state index contributed by atoms with van der Waals surface area (Å²) in [5, 5.41) is 5.80. The number of hydrogen-bond acceptors (Lipinski definition) is 3. The molecule has 3 rings (SSSR count). The third-order valence-electron chi connectivity index (χ3n) is 4.07. The van der Waals surface area contributed by atoms with Gasteiger partial charge in [0, 0.05) is 23.2 Å². The summed E-state index contributed by atoms with van der Waals surface area (Å²) in [6, 6.07) is 8.41. The van der Waals surface area contributed by atoms with E-state index in [2.05, 4.69) is 31.9 Å². The van der Waals surface area contributed by atoms with Gasteiger partial charge in [-0.1, -0.05) is 32.0 Å². The molecule has 4 nitrogen and oxygen atoms in total. The van der Waals surface area contributed by atoms with E-state index in [0.717, 1.165) is 35.3 Å². The second kappa shape index (κ2) is 5.28. The zero-order valence-corrected chi connectivity index (χ0v) is 12.8. The van der Waals surface area contributed by atoms with Gasteiger partial charge < -0.3 is 10.2 Å². The van der Waals surface area contributed by atoms with Crippen LogP contribution in [0.5, 0.6) is 0 Å². The van der Waals surface area contributed by atoms with Crippen molar-refractivity contribution in [3.05, 3.63) is 36.0 Å². The summed E-state index contributed by atoms with van der Waals surface area (Å²) in [5.41, 5.74) is 9.65. The number of hydrogen-bond donors (Lipinski definition) is 1. The Labute approximate surface area is 124 Å². The summed E-state index contributed by atoms with van der Waals surface area (Å²) >= 11 is 0. The molecule has 1 aromatic carbocycles. The number of nitrogens with two attached hydrogens (primary N) is 1. The molecular weight excluding hydrogens is 262 g/mol. The predicted octanol–water partition coefficient (Wildman–Crippen LogP) is 4.41. The molecule has 3 aromatic rings. The van der Waals surface area contributed by atoms with E-state index in [1.807, 2.05) is 29.1 Å². The highest BCUT2D eigenvalue weighted by Gasteiger charge is 2.20. The third kappa shape index (κ3) is 2.20. The van der Waals surface area contributed by atoms with Crippen LogP contribution in [0.2, 0.25) is 0 Å². The minimum atomic E-state index is 0.329. The second-order valence-electron chi connectivity index (χ2n) is 5.43. The van der Waals surface area contributed by atoms with E-state index in [0.29, 0.717) is 11.7 Å². The van der Waals surface area contributed by atoms with Crippen LogP contribution in [0, 0.1) is 0 Å². The second-order valence-corrected chi connectivity index (χ2v) is 5.43. The standard InChI is InChI=1S/C17H21N3O/c1-4-11(3)20-10-14(18)16(19-20)17-12(5-2)13-8-6-7-9-15(13)21-17/h6-11H,4-5,18H2,1-3H3. The fourth-order valence-electron chi connectivity index (χ4n) is 2.64. The molecule has 0 aliphatic rings. The molecule has 0 fully saturated rings. The number of rotatable bonds is 4. The Morgan fingerprint density at radius 1 is 1.29 bits per heavy atom. The summed E-state index contributed by atoms with van der Waals surface area (Å²) in [6.07, 6.45) is 3.80. The van der Waals surface area contributed by atoms with Crippen LogP contribution in [0.25, 0.3) is 22.4 Å². The van der Waals surface area contributed by atoms with Gasteiger partial charge in [0.2, 0.25) is 0 Å². The van der Waals surface area contributed by atoms with Gasteiger partial charge in [-0.15, -0.1) is 0 Å². The molecule has 2 heterocycles. The predicted molar refractivity (Wildman–Crippen MR) is 86.2 cm³/mol. The number of para-hydroxylation sites is 1. The quantitative estimate of drug-likeness (QED) is 0.771. The van der Waals surface area contributed by atoms with Gasteiger partial charge in [0.1, 0.15) is 5.58 Å². The van der Waals surface area contributed by atoms with Crippen LogP contribution < -0.4 is 5.73 Å². The maximum Gasteiger partial charge on any atom is 0.160 e. The minimum absolute atomic E-state index is 0.329. The third-order valence-corrected chi connectivity index (χ3v) is 4.07. The fourth-order valence-corrected chi connectivity index (χ4v) is 2.64. The summed E-state index contributed by atoms with van der Waals surface area (Å²) < 4.78 is 7.96. The summed E-state index contributed by atoms with van der Waals surface area (Å²) in [5.74, 6) is 0.804. The van der Waals surface area contributed by atoms with Crippen molar-refractivity contribution in [2.75, 3.05) is 5.73 Å². The van der Waals surface area contributed by atoms with Crippen molar-refractivity contribution in [2.45, 2.75) is 39.7 Å². The number of aryl methyl sites for hydroxylation is 1. The van der Waals surface area contributed by atoms with Gasteiger partial charge in [0.15, 0.2) is 11.5 Å². The zero-order chi connectivity index (χ0) is 15.0. The van der Waals surface area contributed by atoms with Crippen molar-refractivity contribution in [3.8, 4) is 11.5 Å². The molecular formula is C17H21N3O. The van der Waals surface area contributed by atoms with Crippen LogP contribution in [0.3, 0.4) is 0 Å². The van der Waals surface area contributed by atoms with E-state index in [9.17, 15) is 0 Å². The summed E-state index contributed by atoms with van der Waals surface area (Å²) in [4.78, 5) is 0. The van der Waals surface area contributed by atoms with Gasteiger partial charge in [0.25, 0.3) is 0 Å². The number of aromatic nitrogens is 2. The number of nitrogens with zero attached hydrogens (tertiary/aromatic N) is 2. The molecule has 0 aliphatic carbocycles. The lowest BCUT2D eigenvalue weighted by molar-refractivity contribution is 0.477. The zero-order valence-electron chi connectivity index (χ0n) is 12.8. The summed E-state index contributed by atoms with van der Waals surface area (Å²) in [7, 11) is 0. The number of nitrogen functional groups attached to an aromatic ring is 1. The van der Waals surface area contributed by atoms with Gasteiger partial charge in [-0.25, -0.2) is 0 Å². The molecule has 0 saturated carbocycles. The van der Waals surface area contributed by atoms with Crippen molar-refractivity contribution >= 4 is 16.7 Å². The van der Waals surface area contributed by atoms with Gasteiger partial charge in [-0.2, -0.15) is 5.10 Å². The van der Waals surface area contributed by atoms with E-state index < -0.39 is 0 Å². The molecule has 0 aliphatic heterocycles. The highest BCUT2D eigenvalue weighted by Crippen LogP contribution is 2.36. The number of fused-ring (bicyclic) bond motifs is 1.